The number of piperazine rings is 1. The summed E-state index contributed by atoms with van der Waals surface area (Å²) in [5.41, 5.74) is 6.69. The largest absolute Gasteiger partial charge is 0.456 e. The fourth-order valence-corrected chi connectivity index (χ4v) is 2.75. The number of nitrogens with two attached hydrogens (primary N) is 1. The monoisotopic (exact) mass is 377 g/mol. The average molecular weight is 377 g/mol. The third-order valence-electron chi connectivity index (χ3n) is 3.87. The van der Waals surface area contributed by atoms with Crippen molar-refractivity contribution < 1.29 is 19.1 Å². The lowest BCUT2D eigenvalue weighted by molar-refractivity contribution is 0.00690. The molecule has 2 rings (SSSR count). The molecule has 1 aliphatic rings. The Balaban J connectivity index is 2.06. The summed E-state index contributed by atoms with van der Waals surface area (Å²) in [5.74, 6) is -0.400. The average Bonchev–Trinajstić information content (AvgIpc) is 2.51. The van der Waals surface area contributed by atoms with Crippen molar-refractivity contribution >= 4 is 23.4 Å². The molecule has 0 radical (unpaired) electrons. The van der Waals surface area contributed by atoms with E-state index in [0.29, 0.717) is 37.4 Å². The molecule has 2 N–H and O–H groups in total. The molecule has 1 aliphatic heterocycles. The number of amides is 1. The second-order valence-corrected chi connectivity index (χ2v) is 8.77. The van der Waals surface area contributed by atoms with Gasteiger partial charge in [-0.1, -0.05) is 0 Å². The molecule has 0 atom stereocenters. The Kier molecular flexibility index (Phi) is 5.92. The SMILES string of the molecule is CC(C)(C)OC(=O)c1cc(N)cc(N2CCN(C(=O)OC(C)(C)C)CC2)c1. The van der Waals surface area contributed by atoms with Gasteiger partial charge in [0.1, 0.15) is 11.2 Å². The van der Waals surface area contributed by atoms with Crippen molar-refractivity contribution in [2.24, 2.45) is 0 Å². The molecule has 0 saturated carbocycles. The molecule has 0 bridgehead atoms. The molecule has 1 aromatic rings. The molecule has 0 aliphatic carbocycles. The van der Waals surface area contributed by atoms with Crippen molar-refractivity contribution in [2.45, 2.75) is 52.7 Å². The Morgan fingerprint density at radius 2 is 1.44 bits per heavy atom. The van der Waals surface area contributed by atoms with Gasteiger partial charge in [0.15, 0.2) is 0 Å². The number of anilines is 2. The van der Waals surface area contributed by atoms with Gasteiger partial charge in [-0.2, -0.15) is 0 Å². The summed E-state index contributed by atoms with van der Waals surface area (Å²) in [6.45, 7) is 13.4. The van der Waals surface area contributed by atoms with E-state index in [0.717, 1.165) is 5.69 Å². The maximum Gasteiger partial charge on any atom is 0.410 e. The van der Waals surface area contributed by atoms with E-state index in [2.05, 4.69) is 4.90 Å². The molecule has 7 heteroatoms. The first kappa shape index (κ1) is 20.9. The zero-order valence-corrected chi connectivity index (χ0v) is 17.2. The molecule has 1 saturated heterocycles. The fourth-order valence-electron chi connectivity index (χ4n) is 2.75. The summed E-state index contributed by atoms with van der Waals surface area (Å²) < 4.78 is 10.9. The van der Waals surface area contributed by atoms with Gasteiger partial charge in [-0.25, -0.2) is 9.59 Å². The summed E-state index contributed by atoms with van der Waals surface area (Å²) in [7, 11) is 0. The van der Waals surface area contributed by atoms with Crippen molar-refractivity contribution in [3.63, 3.8) is 0 Å². The van der Waals surface area contributed by atoms with Gasteiger partial charge in [0, 0.05) is 37.6 Å². The van der Waals surface area contributed by atoms with E-state index < -0.39 is 17.2 Å². The van der Waals surface area contributed by atoms with Crippen LogP contribution in [0.4, 0.5) is 16.2 Å². The van der Waals surface area contributed by atoms with Crippen LogP contribution in [0.3, 0.4) is 0 Å². The summed E-state index contributed by atoms with van der Waals surface area (Å²) in [6.07, 6.45) is -0.302. The first-order valence-corrected chi connectivity index (χ1v) is 9.21. The van der Waals surface area contributed by atoms with Crippen molar-refractivity contribution in [3.05, 3.63) is 23.8 Å². The van der Waals surface area contributed by atoms with Gasteiger partial charge in [0.25, 0.3) is 0 Å². The molecule has 27 heavy (non-hydrogen) atoms. The molecule has 1 heterocycles. The first-order valence-electron chi connectivity index (χ1n) is 9.21. The summed E-state index contributed by atoms with van der Waals surface area (Å²) in [4.78, 5) is 28.3. The van der Waals surface area contributed by atoms with Crippen LogP contribution in [0.2, 0.25) is 0 Å². The lowest BCUT2D eigenvalue weighted by Crippen LogP contribution is -2.50. The van der Waals surface area contributed by atoms with Crippen LogP contribution in [0.5, 0.6) is 0 Å². The normalized spacial score (nSPS) is 15.5. The molecule has 0 spiro atoms. The minimum atomic E-state index is -0.569. The van der Waals surface area contributed by atoms with Crippen LogP contribution in [-0.4, -0.2) is 54.3 Å². The Bertz CT molecular complexity index is 696. The molecule has 1 fully saturated rings. The predicted octanol–water partition coefficient (Wildman–Crippen LogP) is 3.28. The van der Waals surface area contributed by atoms with Crippen LogP contribution in [0, 0.1) is 0 Å². The molecular weight excluding hydrogens is 346 g/mol. The van der Waals surface area contributed by atoms with Gasteiger partial charge < -0.3 is 25.0 Å². The number of ether oxygens (including phenoxy) is 2. The third kappa shape index (κ3) is 6.34. The number of nitrogen functional groups attached to an aromatic ring is 1. The van der Waals surface area contributed by atoms with E-state index in [1.165, 1.54) is 0 Å². The van der Waals surface area contributed by atoms with Gasteiger partial charge in [0.05, 0.1) is 5.56 Å². The van der Waals surface area contributed by atoms with Crippen molar-refractivity contribution in [1.82, 2.24) is 4.90 Å². The summed E-state index contributed by atoms with van der Waals surface area (Å²) in [6, 6.07) is 5.24. The van der Waals surface area contributed by atoms with Crippen LogP contribution in [0.15, 0.2) is 18.2 Å². The molecule has 1 amide bonds. The van der Waals surface area contributed by atoms with Crippen LogP contribution in [-0.2, 0) is 9.47 Å². The van der Waals surface area contributed by atoms with E-state index in [-0.39, 0.29) is 6.09 Å². The van der Waals surface area contributed by atoms with Crippen molar-refractivity contribution in [1.29, 1.82) is 0 Å². The number of esters is 1. The van der Waals surface area contributed by atoms with E-state index in [9.17, 15) is 9.59 Å². The van der Waals surface area contributed by atoms with Crippen LogP contribution >= 0.6 is 0 Å². The zero-order chi connectivity index (χ0) is 20.4. The minimum Gasteiger partial charge on any atom is -0.456 e. The molecule has 1 aromatic carbocycles. The van der Waals surface area contributed by atoms with Gasteiger partial charge in [-0.15, -0.1) is 0 Å². The Hall–Kier alpha value is -2.44. The van der Waals surface area contributed by atoms with E-state index >= 15 is 0 Å². The van der Waals surface area contributed by atoms with E-state index in [1.807, 2.05) is 47.6 Å². The van der Waals surface area contributed by atoms with Gasteiger partial charge in [0.2, 0.25) is 0 Å². The zero-order valence-electron chi connectivity index (χ0n) is 17.2. The minimum absolute atomic E-state index is 0.302. The van der Waals surface area contributed by atoms with Gasteiger partial charge >= 0.3 is 12.1 Å². The number of carbonyl (C=O) groups excluding carboxylic acids is 2. The number of benzene rings is 1. The second kappa shape index (κ2) is 7.66. The van der Waals surface area contributed by atoms with Crippen LogP contribution in [0.25, 0.3) is 0 Å². The molecule has 0 unspecified atom stereocenters. The number of nitrogens with zero attached hydrogens (tertiary/aromatic N) is 2. The van der Waals surface area contributed by atoms with Gasteiger partial charge in [-0.3, -0.25) is 0 Å². The lowest BCUT2D eigenvalue weighted by Gasteiger charge is -2.37. The standard InChI is InChI=1S/C20H31N3O4/c1-19(2,3)26-17(24)14-11-15(21)13-16(12-14)22-7-9-23(10-8-22)18(25)27-20(4,5)6/h11-13H,7-10,21H2,1-6H3. The highest BCUT2D eigenvalue weighted by atomic mass is 16.6. The van der Waals surface area contributed by atoms with Crippen LogP contribution in [0.1, 0.15) is 51.9 Å². The molecule has 0 aromatic heterocycles. The quantitative estimate of drug-likeness (QED) is 0.629. The highest BCUT2D eigenvalue weighted by Crippen LogP contribution is 2.24. The fraction of sp³-hybridized carbons (Fsp3) is 0.600. The number of hydrogen-bond donors (Lipinski definition) is 1. The Morgan fingerprint density at radius 3 is 1.96 bits per heavy atom. The van der Waals surface area contributed by atoms with E-state index in [1.54, 1.807) is 17.0 Å². The topological polar surface area (TPSA) is 85.1 Å². The number of carbonyl (C=O) groups is 2. The molecule has 150 valence electrons. The second-order valence-electron chi connectivity index (χ2n) is 8.77. The first-order chi connectivity index (χ1) is 12.3. The molecular formula is C20H31N3O4. The number of rotatable bonds is 2. The van der Waals surface area contributed by atoms with Crippen LogP contribution < -0.4 is 10.6 Å². The molecule has 7 nitrogen and oxygen atoms in total. The van der Waals surface area contributed by atoms with Gasteiger partial charge in [-0.05, 0) is 59.7 Å². The summed E-state index contributed by atoms with van der Waals surface area (Å²) >= 11 is 0. The maximum atomic E-state index is 12.4. The van der Waals surface area contributed by atoms with Crippen molar-refractivity contribution in [2.75, 3.05) is 36.8 Å². The Morgan fingerprint density at radius 1 is 0.889 bits per heavy atom. The highest BCUT2D eigenvalue weighted by Gasteiger charge is 2.26. The van der Waals surface area contributed by atoms with Crippen molar-refractivity contribution in [3.8, 4) is 0 Å². The third-order valence-corrected chi connectivity index (χ3v) is 3.87. The number of hydrogen-bond acceptors (Lipinski definition) is 6. The summed E-state index contributed by atoms with van der Waals surface area (Å²) in [5, 5.41) is 0. The van der Waals surface area contributed by atoms with E-state index in [4.69, 9.17) is 15.2 Å². The lowest BCUT2D eigenvalue weighted by atomic mass is 10.1. The maximum absolute atomic E-state index is 12.4. The predicted molar refractivity (Wildman–Crippen MR) is 106 cm³/mol. The highest BCUT2D eigenvalue weighted by molar-refractivity contribution is 5.92. The Labute approximate surface area is 161 Å². The smallest absolute Gasteiger partial charge is 0.410 e.